The number of nitrogens with one attached hydrogen (secondary N) is 1. The zero-order valence-electron chi connectivity index (χ0n) is 22.9. The predicted octanol–water partition coefficient (Wildman–Crippen LogP) is 5.26. The van der Waals surface area contributed by atoms with Gasteiger partial charge in [0, 0.05) is 31.8 Å². The molecule has 220 valence electrons. The Kier molecular flexibility index (Phi) is 7.60. The molecule has 2 aromatic carbocycles. The predicted molar refractivity (Wildman–Crippen MR) is 153 cm³/mol. The van der Waals surface area contributed by atoms with Gasteiger partial charge in [-0.3, -0.25) is 9.36 Å². The number of methoxy groups -OCH3 is 1. The quantitative estimate of drug-likeness (QED) is 0.247. The maximum Gasteiger partial charge on any atom is 0.416 e. The van der Waals surface area contributed by atoms with Crippen LogP contribution in [-0.4, -0.2) is 63.0 Å². The molecule has 0 spiro atoms. The third-order valence-corrected chi connectivity index (χ3v) is 8.98. The van der Waals surface area contributed by atoms with Crippen LogP contribution in [0.2, 0.25) is 0 Å². The number of carbonyl (C=O) groups excluding carboxylic acids is 1. The number of hydrogen-bond donors (Lipinski definition) is 1. The van der Waals surface area contributed by atoms with Crippen LogP contribution in [0, 0.1) is 5.92 Å². The average Bonchev–Trinajstić information content (AvgIpc) is 3.43. The topological polar surface area (TPSA) is 96.3 Å². The molecule has 2 aliphatic heterocycles. The van der Waals surface area contributed by atoms with Crippen LogP contribution in [0.3, 0.4) is 0 Å². The lowest BCUT2D eigenvalue weighted by molar-refractivity contribution is -0.137. The molecule has 4 aromatic rings. The second-order valence-electron chi connectivity index (χ2n) is 10.5. The lowest BCUT2D eigenvalue weighted by Gasteiger charge is -2.31. The van der Waals surface area contributed by atoms with Crippen molar-refractivity contribution in [3.8, 4) is 5.69 Å². The van der Waals surface area contributed by atoms with Crippen LogP contribution in [0.15, 0.2) is 58.5 Å². The van der Waals surface area contributed by atoms with Crippen LogP contribution in [-0.2, 0) is 23.9 Å². The number of amides is 1. The number of aromatic amines is 1. The van der Waals surface area contributed by atoms with Crippen molar-refractivity contribution < 1.29 is 22.7 Å². The number of alkyl halides is 3. The van der Waals surface area contributed by atoms with Gasteiger partial charge in [0.1, 0.15) is 0 Å². The second kappa shape index (κ2) is 11.3. The fourth-order valence-electron chi connectivity index (χ4n) is 5.46. The Bertz CT molecular complexity index is 1670. The zero-order chi connectivity index (χ0) is 29.4. The lowest BCUT2D eigenvalue weighted by atomic mass is 9.99. The van der Waals surface area contributed by atoms with E-state index >= 15 is 0 Å². The van der Waals surface area contributed by atoms with E-state index in [1.165, 1.54) is 13.2 Å². The van der Waals surface area contributed by atoms with Crippen molar-refractivity contribution in [2.75, 3.05) is 37.4 Å². The SMILES string of the molecule is COC(=O)N1CCC(CSc2nc3c(c(=O)n2-c2ccccc2)CN(c2nc4ccc(C(F)(F)F)cc4[nH]2)CC3)CC1. The molecule has 0 radical (unpaired) electrons. The molecule has 9 nitrogen and oxygen atoms in total. The van der Waals surface area contributed by atoms with E-state index in [1.807, 2.05) is 35.2 Å². The van der Waals surface area contributed by atoms with Gasteiger partial charge < -0.3 is 19.5 Å². The molecule has 42 heavy (non-hydrogen) atoms. The molecule has 0 aliphatic carbocycles. The number of halogens is 3. The molecule has 4 heterocycles. The van der Waals surface area contributed by atoms with Gasteiger partial charge in [-0.2, -0.15) is 13.2 Å². The number of thioether (sulfide) groups is 1. The minimum Gasteiger partial charge on any atom is -0.453 e. The number of para-hydroxylation sites is 1. The fourth-order valence-corrected chi connectivity index (χ4v) is 6.67. The van der Waals surface area contributed by atoms with Crippen molar-refractivity contribution in [3.63, 3.8) is 0 Å². The van der Waals surface area contributed by atoms with Crippen LogP contribution in [0.5, 0.6) is 0 Å². The first-order valence-corrected chi connectivity index (χ1v) is 14.7. The van der Waals surface area contributed by atoms with E-state index in [1.54, 1.807) is 21.2 Å². The highest BCUT2D eigenvalue weighted by Crippen LogP contribution is 2.33. The highest BCUT2D eigenvalue weighted by Gasteiger charge is 2.32. The van der Waals surface area contributed by atoms with E-state index in [9.17, 15) is 22.8 Å². The van der Waals surface area contributed by atoms with Gasteiger partial charge in [-0.15, -0.1) is 0 Å². The van der Waals surface area contributed by atoms with E-state index < -0.39 is 11.7 Å². The molecule has 0 unspecified atom stereocenters. The summed E-state index contributed by atoms with van der Waals surface area (Å²) in [5.41, 5.74) is 1.76. The van der Waals surface area contributed by atoms with Crippen molar-refractivity contribution in [2.45, 2.75) is 37.1 Å². The van der Waals surface area contributed by atoms with Gasteiger partial charge in [-0.1, -0.05) is 30.0 Å². The molecular weight excluding hydrogens is 569 g/mol. The summed E-state index contributed by atoms with van der Waals surface area (Å²) >= 11 is 1.55. The van der Waals surface area contributed by atoms with Gasteiger partial charge in [-0.25, -0.2) is 14.8 Å². The summed E-state index contributed by atoms with van der Waals surface area (Å²) in [5.74, 6) is 1.55. The summed E-state index contributed by atoms with van der Waals surface area (Å²) in [6.07, 6.45) is -2.57. The van der Waals surface area contributed by atoms with E-state index in [0.717, 1.165) is 36.4 Å². The standard InChI is InChI=1S/C29H29F3N6O3S/c1-41-28(40)36-12-9-18(10-13-36)17-42-27-35-22-11-14-37(16-21(22)25(39)38(27)20-5-3-2-4-6-20)26-33-23-8-7-19(29(30,31)32)15-24(23)34-26/h2-8,15,18H,9-14,16-17H2,1H3,(H,33,34). The summed E-state index contributed by atoms with van der Waals surface area (Å²) < 4.78 is 46.1. The lowest BCUT2D eigenvalue weighted by Crippen LogP contribution is -2.39. The van der Waals surface area contributed by atoms with Gasteiger partial charge in [0.25, 0.3) is 5.56 Å². The number of fused-ring (bicyclic) bond motifs is 2. The van der Waals surface area contributed by atoms with Crippen molar-refractivity contribution >= 4 is 34.8 Å². The summed E-state index contributed by atoms with van der Waals surface area (Å²) in [7, 11) is 1.39. The number of nitrogens with zero attached hydrogens (tertiary/aromatic N) is 5. The first kappa shape index (κ1) is 28.1. The van der Waals surface area contributed by atoms with Gasteiger partial charge >= 0.3 is 12.3 Å². The number of piperidine rings is 1. The summed E-state index contributed by atoms with van der Waals surface area (Å²) in [6.45, 7) is 2.01. The molecule has 0 atom stereocenters. The molecule has 2 aromatic heterocycles. The normalized spacial score (nSPS) is 16.1. The maximum absolute atomic E-state index is 14.0. The smallest absolute Gasteiger partial charge is 0.416 e. The summed E-state index contributed by atoms with van der Waals surface area (Å²) in [6, 6.07) is 12.8. The van der Waals surface area contributed by atoms with Crippen molar-refractivity contribution in [1.29, 1.82) is 0 Å². The molecule has 1 saturated heterocycles. The first-order chi connectivity index (χ1) is 20.2. The third-order valence-electron chi connectivity index (χ3n) is 7.81. The Labute approximate surface area is 243 Å². The van der Waals surface area contributed by atoms with Crippen molar-refractivity contribution in [1.82, 2.24) is 24.4 Å². The molecule has 0 saturated carbocycles. The number of rotatable bonds is 5. The number of imidazole rings is 1. The van der Waals surface area contributed by atoms with Crippen LogP contribution < -0.4 is 10.5 Å². The number of likely N-dealkylation sites (tertiary alicyclic amines) is 1. The molecule has 6 rings (SSSR count). The second-order valence-corrected chi connectivity index (χ2v) is 11.5. The van der Waals surface area contributed by atoms with E-state index in [0.29, 0.717) is 59.8 Å². The Hall–Kier alpha value is -4.00. The molecular formula is C29H29F3N6O3S. The Balaban J connectivity index is 1.26. The summed E-state index contributed by atoms with van der Waals surface area (Å²) in [4.78, 5) is 41.9. The Morgan fingerprint density at radius 1 is 1.10 bits per heavy atom. The number of ether oxygens (including phenoxy) is 1. The number of benzene rings is 2. The minimum atomic E-state index is -4.45. The Morgan fingerprint density at radius 2 is 1.86 bits per heavy atom. The molecule has 13 heteroatoms. The summed E-state index contributed by atoms with van der Waals surface area (Å²) in [5, 5.41) is 0.622. The molecule has 2 aliphatic rings. The zero-order valence-corrected chi connectivity index (χ0v) is 23.7. The van der Waals surface area contributed by atoms with E-state index in [4.69, 9.17) is 9.72 Å². The van der Waals surface area contributed by atoms with Gasteiger partial charge in [0.15, 0.2) is 5.16 Å². The number of aromatic nitrogens is 4. The van der Waals surface area contributed by atoms with Crippen LogP contribution in [0.4, 0.5) is 23.9 Å². The first-order valence-electron chi connectivity index (χ1n) is 13.7. The number of carbonyl (C=O) groups is 1. The van der Waals surface area contributed by atoms with Crippen LogP contribution >= 0.6 is 11.8 Å². The largest absolute Gasteiger partial charge is 0.453 e. The van der Waals surface area contributed by atoms with Gasteiger partial charge in [0.2, 0.25) is 5.95 Å². The molecule has 1 N–H and O–H groups in total. The molecule has 1 amide bonds. The van der Waals surface area contributed by atoms with Crippen molar-refractivity contribution in [2.24, 2.45) is 5.92 Å². The average molecular weight is 599 g/mol. The monoisotopic (exact) mass is 598 g/mol. The number of anilines is 1. The number of hydrogen-bond acceptors (Lipinski definition) is 7. The highest BCUT2D eigenvalue weighted by atomic mass is 32.2. The van der Waals surface area contributed by atoms with Gasteiger partial charge in [0.05, 0.1) is 47.2 Å². The van der Waals surface area contributed by atoms with Gasteiger partial charge in [-0.05, 0) is 49.1 Å². The fraction of sp³-hybridized carbons (Fsp3) is 0.379. The van der Waals surface area contributed by atoms with Crippen LogP contribution in [0.1, 0.15) is 29.7 Å². The van der Waals surface area contributed by atoms with Crippen molar-refractivity contribution in [3.05, 3.63) is 75.7 Å². The highest BCUT2D eigenvalue weighted by molar-refractivity contribution is 7.99. The minimum absolute atomic E-state index is 0.172. The third kappa shape index (κ3) is 5.57. The Morgan fingerprint density at radius 3 is 2.57 bits per heavy atom. The number of H-pyrrole nitrogens is 1. The van der Waals surface area contributed by atoms with E-state index in [2.05, 4.69) is 9.97 Å². The molecule has 1 fully saturated rings. The molecule has 0 bridgehead atoms. The maximum atomic E-state index is 14.0. The van der Waals surface area contributed by atoms with Crippen LogP contribution in [0.25, 0.3) is 16.7 Å². The van der Waals surface area contributed by atoms with E-state index in [-0.39, 0.29) is 23.7 Å².